The second-order valence-corrected chi connectivity index (χ2v) is 7.25. The number of nitrogens with zero attached hydrogens (tertiary/aromatic N) is 2. The summed E-state index contributed by atoms with van der Waals surface area (Å²) in [5, 5.41) is 11.6. The lowest BCUT2D eigenvalue weighted by Crippen LogP contribution is -2.21. The Balaban J connectivity index is 2.05. The largest absolute Gasteiger partial charge is 0.451 e. The number of anilines is 1. The first-order chi connectivity index (χ1) is 14.1. The quantitative estimate of drug-likeness (QED) is 0.419. The molecule has 30 heavy (non-hydrogen) atoms. The molecule has 158 valence electrons. The van der Waals surface area contributed by atoms with Crippen molar-refractivity contribution in [1.82, 2.24) is 4.57 Å². The number of hydrogen-bond donors (Lipinski definition) is 1. The van der Waals surface area contributed by atoms with Crippen molar-refractivity contribution in [2.45, 2.75) is 34.2 Å². The molecule has 0 bridgehead atoms. The van der Waals surface area contributed by atoms with Crippen molar-refractivity contribution in [3.63, 3.8) is 0 Å². The predicted molar refractivity (Wildman–Crippen MR) is 108 cm³/mol. The zero-order valence-corrected chi connectivity index (χ0v) is 17.3. The number of halogens is 2. The van der Waals surface area contributed by atoms with Crippen molar-refractivity contribution < 1.29 is 23.1 Å². The van der Waals surface area contributed by atoms with E-state index in [9.17, 15) is 23.6 Å². The van der Waals surface area contributed by atoms with Crippen molar-refractivity contribution in [3.05, 3.63) is 58.4 Å². The highest BCUT2D eigenvalue weighted by molar-refractivity contribution is 6.00. The van der Waals surface area contributed by atoms with E-state index in [1.165, 1.54) is 12.1 Å². The molecule has 0 radical (unpaired) electrons. The number of rotatable bonds is 7. The van der Waals surface area contributed by atoms with E-state index in [0.717, 1.165) is 30.1 Å². The maximum atomic E-state index is 13.2. The van der Waals surface area contributed by atoms with Crippen LogP contribution >= 0.6 is 0 Å². The number of aryl methyl sites for hydroxylation is 1. The van der Waals surface area contributed by atoms with Gasteiger partial charge in [-0.15, -0.1) is 0 Å². The van der Waals surface area contributed by atoms with Gasteiger partial charge in [-0.2, -0.15) is 5.26 Å². The molecule has 2 rings (SSSR count). The molecule has 1 heterocycles. The summed E-state index contributed by atoms with van der Waals surface area (Å²) >= 11 is 0. The number of carbonyl (C=O) groups excluding carboxylic acids is 2. The van der Waals surface area contributed by atoms with E-state index in [4.69, 9.17) is 4.74 Å². The van der Waals surface area contributed by atoms with Crippen molar-refractivity contribution in [2.24, 2.45) is 5.92 Å². The van der Waals surface area contributed by atoms with Crippen LogP contribution in [0.2, 0.25) is 0 Å². The van der Waals surface area contributed by atoms with Gasteiger partial charge in [0, 0.05) is 29.7 Å². The van der Waals surface area contributed by atoms with E-state index in [-0.39, 0.29) is 11.3 Å². The fourth-order valence-electron chi connectivity index (χ4n) is 2.89. The Labute approximate surface area is 173 Å². The van der Waals surface area contributed by atoms with Crippen LogP contribution in [0.15, 0.2) is 29.8 Å². The first kappa shape index (κ1) is 22.8. The van der Waals surface area contributed by atoms with Gasteiger partial charge in [-0.3, -0.25) is 4.79 Å². The molecule has 0 fully saturated rings. The molecule has 1 aromatic carbocycles. The van der Waals surface area contributed by atoms with Gasteiger partial charge in [0.2, 0.25) is 0 Å². The second-order valence-electron chi connectivity index (χ2n) is 7.25. The number of aromatic nitrogens is 1. The van der Waals surface area contributed by atoms with Crippen molar-refractivity contribution in [2.75, 3.05) is 11.9 Å². The van der Waals surface area contributed by atoms with Gasteiger partial charge in [-0.1, -0.05) is 13.8 Å². The first-order valence-electron chi connectivity index (χ1n) is 9.33. The standard InChI is InChI=1S/C22H23F2N3O3/c1-13(2)11-27-14(3)7-16(15(27)4)8-17(10-25)22(29)30-12-21(28)26-18-5-6-19(23)20(24)9-18/h5-9,13H,11-12H2,1-4H3,(H,26,28)/b17-8+. The van der Waals surface area contributed by atoms with Crippen LogP contribution in [0.3, 0.4) is 0 Å². The molecule has 0 atom stereocenters. The topological polar surface area (TPSA) is 84.1 Å². The molecule has 0 aliphatic heterocycles. The van der Waals surface area contributed by atoms with Crippen LogP contribution in [-0.4, -0.2) is 23.1 Å². The normalized spacial score (nSPS) is 11.3. The molecular formula is C22H23F2N3O3. The summed E-state index contributed by atoms with van der Waals surface area (Å²) in [5.41, 5.74) is 2.40. The highest BCUT2D eigenvalue weighted by Gasteiger charge is 2.16. The number of benzene rings is 1. The van der Waals surface area contributed by atoms with Gasteiger partial charge in [-0.05, 0) is 49.6 Å². The lowest BCUT2D eigenvalue weighted by Gasteiger charge is -2.12. The molecule has 1 aromatic heterocycles. The molecule has 0 saturated carbocycles. The molecule has 0 aliphatic rings. The van der Waals surface area contributed by atoms with Gasteiger partial charge in [0.05, 0.1) is 0 Å². The molecule has 8 heteroatoms. The van der Waals surface area contributed by atoms with E-state index < -0.39 is 30.1 Å². The number of nitrogens with one attached hydrogen (secondary N) is 1. The maximum absolute atomic E-state index is 13.2. The fraction of sp³-hybridized carbons (Fsp3) is 0.318. The maximum Gasteiger partial charge on any atom is 0.349 e. The summed E-state index contributed by atoms with van der Waals surface area (Å²) in [6.07, 6.45) is 1.43. The van der Waals surface area contributed by atoms with Gasteiger partial charge >= 0.3 is 5.97 Å². The van der Waals surface area contributed by atoms with Crippen LogP contribution in [0, 0.1) is 42.7 Å². The summed E-state index contributed by atoms with van der Waals surface area (Å²) in [6.45, 7) is 8.16. The number of ether oxygens (including phenoxy) is 1. The fourth-order valence-corrected chi connectivity index (χ4v) is 2.89. The third-order valence-electron chi connectivity index (χ3n) is 4.34. The predicted octanol–water partition coefficient (Wildman–Crippen LogP) is 4.13. The molecule has 0 unspecified atom stereocenters. The molecular weight excluding hydrogens is 392 g/mol. The van der Waals surface area contributed by atoms with E-state index >= 15 is 0 Å². The van der Waals surface area contributed by atoms with Crippen LogP contribution < -0.4 is 5.32 Å². The Hall–Kier alpha value is -3.47. The highest BCUT2D eigenvalue weighted by Crippen LogP contribution is 2.20. The molecule has 1 N–H and O–H groups in total. The van der Waals surface area contributed by atoms with Gasteiger partial charge in [0.15, 0.2) is 18.2 Å². The summed E-state index contributed by atoms with van der Waals surface area (Å²) < 4.78 is 33.1. The Kier molecular flexibility index (Phi) is 7.48. The molecule has 0 saturated heterocycles. The van der Waals surface area contributed by atoms with Crippen LogP contribution in [0.1, 0.15) is 30.8 Å². The Morgan fingerprint density at radius 1 is 1.23 bits per heavy atom. The van der Waals surface area contributed by atoms with E-state index in [1.807, 2.05) is 19.9 Å². The highest BCUT2D eigenvalue weighted by atomic mass is 19.2. The van der Waals surface area contributed by atoms with Gasteiger partial charge in [0.25, 0.3) is 5.91 Å². The minimum atomic E-state index is -1.12. The molecule has 1 amide bonds. The summed E-state index contributed by atoms with van der Waals surface area (Å²) in [7, 11) is 0. The van der Waals surface area contributed by atoms with Crippen LogP contribution in [0.4, 0.5) is 14.5 Å². The Morgan fingerprint density at radius 3 is 2.53 bits per heavy atom. The summed E-state index contributed by atoms with van der Waals surface area (Å²) in [6, 6.07) is 6.51. The van der Waals surface area contributed by atoms with Crippen LogP contribution in [0.5, 0.6) is 0 Å². The zero-order valence-electron chi connectivity index (χ0n) is 17.3. The first-order valence-corrected chi connectivity index (χ1v) is 9.33. The van der Waals surface area contributed by atoms with Gasteiger partial charge in [-0.25, -0.2) is 13.6 Å². The number of amides is 1. The van der Waals surface area contributed by atoms with Crippen molar-refractivity contribution in [3.8, 4) is 6.07 Å². The molecule has 0 spiro atoms. The smallest absolute Gasteiger partial charge is 0.349 e. The SMILES string of the molecule is Cc1cc(/C=C(\C#N)C(=O)OCC(=O)Nc2ccc(F)c(F)c2)c(C)n1CC(C)C. The van der Waals surface area contributed by atoms with E-state index in [0.29, 0.717) is 11.5 Å². The minimum absolute atomic E-state index is 0.0172. The molecule has 6 nitrogen and oxygen atoms in total. The average Bonchev–Trinajstić information content (AvgIpc) is 2.94. The summed E-state index contributed by atoms with van der Waals surface area (Å²) in [5.74, 6) is -3.43. The monoisotopic (exact) mass is 415 g/mol. The minimum Gasteiger partial charge on any atom is -0.451 e. The lowest BCUT2D eigenvalue weighted by molar-refractivity contribution is -0.142. The number of nitriles is 1. The Bertz CT molecular complexity index is 1030. The van der Waals surface area contributed by atoms with Crippen LogP contribution in [0.25, 0.3) is 6.08 Å². The van der Waals surface area contributed by atoms with E-state index in [2.05, 4.69) is 23.7 Å². The summed E-state index contributed by atoms with van der Waals surface area (Å²) in [4.78, 5) is 24.1. The lowest BCUT2D eigenvalue weighted by atomic mass is 10.1. The Morgan fingerprint density at radius 2 is 1.93 bits per heavy atom. The van der Waals surface area contributed by atoms with Crippen LogP contribution in [-0.2, 0) is 20.9 Å². The van der Waals surface area contributed by atoms with Gasteiger partial charge in [0.1, 0.15) is 11.6 Å². The third kappa shape index (κ3) is 5.77. The third-order valence-corrected chi connectivity index (χ3v) is 4.34. The average molecular weight is 415 g/mol. The molecule has 0 aliphatic carbocycles. The zero-order chi connectivity index (χ0) is 22.4. The van der Waals surface area contributed by atoms with Crippen molar-refractivity contribution in [1.29, 1.82) is 5.26 Å². The van der Waals surface area contributed by atoms with Crippen molar-refractivity contribution >= 4 is 23.6 Å². The second kappa shape index (κ2) is 9.83. The number of hydrogen-bond acceptors (Lipinski definition) is 4. The number of carbonyl (C=O) groups is 2. The number of esters is 1. The molecule has 2 aromatic rings. The van der Waals surface area contributed by atoms with E-state index in [1.54, 1.807) is 6.07 Å². The van der Waals surface area contributed by atoms with Gasteiger partial charge < -0.3 is 14.6 Å².